The van der Waals surface area contributed by atoms with E-state index >= 15 is 0 Å². The van der Waals surface area contributed by atoms with Crippen molar-refractivity contribution in [3.8, 4) is 0 Å². The summed E-state index contributed by atoms with van der Waals surface area (Å²) in [7, 11) is -3.16. The molecule has 1 saturated heterocycles. The van der Waals surface area contributed by atoms with Crippen molar-refractivity contribution >= 4 is 39.7 Å². The predicted molar refractivity (Wildman–Crippen MR) is 81.7 cm³/mol. The third-order valence-electron chi connectivity index (χ3n) is 2.94. The van der Waals surface area contributed by atoms with Gasteiger partial charge in [0.15, 0.2) is 0 Å². The summed E-state index contributed by atoms with van der Waals surface area (Å²) in [4.78, 5) is 11.4. The minimum atomic E-state index is -3.16. The Morgan fingerprint density at radius 2 is 1.95 bits per heavy atom. The topological polar surface area (TPSA) is 92.5 Å². The van der Waals surface area contributed by atoms with Gasteiger partial charge in [0.1, 0.15) is 0 Å². The first-order valence-corrected chi connectivity index (χ1v) is 7.68. The zero-order chi connectivity index (χ0) is 14.0. The van der Waals surface area contributed by atoms with E-state index in [-0.39, 0.29) is 24.1 Å². The van der Waals surface area contributed by atoms with Gasteiger partial charge in [-0.05, 0) is 37.6 Å². The number of nitrogens with two attached hydrogens (primary N) is 1. The number of carbonyl (C=O) groups is 1. The Hall–Kier alpha value is -1.31. The maximum atomic E-state index is 11.8. The van der Waals surface area contributed by atoms with Crippen LogP contribution in [0, 0.1) is 0 Å². The van der Waals surface area contributed by atoms with Gasteiger partial charge in [0.05, 0.1) is 17.5 Å². The van der Waals surface area contributed by atoms with Crippen molar-refractivity contribution in [3.63, 3.8) is 0 Å². The standard InChI is InChI=1S/C12H17N3O3S.ClH/c1-9(13)12(16)14-10-3-5-11(6-4-10)15-7-2-8-19(15,17)18;/h3-6,9H,2,7-8,13H2,1H3,(H,14,16);1H. The van der Waals surface area contributed by atoms with Crippen LogP contribution in [-0.4, -0.2) is 32.7 Å². The lowest BCUT2D eigenvalue weighted by molar-refractivity contribution is -0.117. The Labute approximate surface area is 124 Å². The summed E-state index contributed by atoms with van der Waals surface area (Å²) < 4.78 is 24.9. The molecule has 1 aromatic rings. The van der Waals surface area contributed by atoms with Gasteiger partial charge in [-0.1, -0.05) is 0 Å². The normalized spacial score (nSPS) is 18.2. The van der Waals surface area contributed by atoms with Crippen LogP contribution in [0.5, 0.6) is 0 Å². The summed E-state index contributed by atoms with van der Waals surface area (Å²) in [5, 5.41) is 2.65. The molecule has 0 aromatic heterocycles. The number of rotatable bonds is 3. The molecule has 1 aliphatic rings. The molecule has 0 saturated carbocycles. The lowest BCUT2D eigenvalue weighted by Gasteiger charge is -2.17. The van der Waals surface area contributed by atoms with Gasteiger partial charge < -0.3 is 11.1 Å². The van der Waals surface area contributed by atoms with E-state index < -0.39 is 16.1 Å². The summed E-state index contributed by atoms with van der Waals surface area (Å²) in [6, 6.07) is 6.12. The van der Waals surface area contributed by atoms with Crippen LogP contribution in [0.15, 0.2) is 24.3 Å². The second-order valence-corrected chi connectivity index (χ2v) is 6.58. The summed E-state index contributed by atoms with van der Waals surface area (Å²) in [6.45, 7) is 2.11. The fraction of sp³-hybridized carbons (Fsp3) is 0.417. The zero-order valence-electron chi connectivity index (χ0n) is 11.1. The average molecular weight is 320 g/mol. The Morgan fingerprint density at radius 1 is 1.35 bits per heavy atom. The highest BCUT2D eigenvalue weighted by Crippen LogP contribution is 2.25. The van der Waals surface area contributed by atoms with Crippen LogP contribution < -0.4 is 15.4 Å². The molecule has 20 heavy (non-hydrogen) atoms. The lowest BCUT2D eigenvalue weighted by Crippen LogP contribution is -2.32. The highest BCUT2D eigenvalue weighted by Gasteiger charge is 2.28. The Balaban J connectivity index is 0.00000200. The second-order valence-electron chi connectivity index (χ2n) is 4.57. The van der Waals surface area contributed by atoms with Crippen molar-refractivity contribution < 1.29 is 13.2 Å². The number of halogens is 1. The van der Waals surface area contributed by atoms with Crippen LogP contribution in [0.3, 0.4) is 0 Å². The van der Waals surface area contributed by atoms with Crippen LogP contribution in [0.1, 0.15) is 13.3 Å². The monoisotopic (exact) mass is 319 g/mol. The lowest BCUT2D eigenvalue weighted by atomic mass is 10.2. The molecule has 1 unspecified atom stereocenters. The number of hydrogen-bond donors (Lipinski definition) is 2. The second kappa shape index (κ2) is 6.43. The molecule has 1 atom stereocenters. The van der Waals surface area contributed by atoms with Crippen LogP contribution >= 0.6 is 12.4 Å². The molecule has 0 spiro atoms. The van der Waals surface area contributed by atoms with E-state index in [9.17, 15) is 13.2 Å². The molecule has 1 fully saturated rings. The van der Waals surface area contributed by atoms with Crippen molar-refractivity contribution in [1.29, 1.82) is 0 Å². The van der Waals surface area contributed by atoms with Gasteiger partial charge in [-0.25, -0.2) is 8.42 Å². The first-order valence-electron chi connectivity index (χ1n) is 6.07. The summed E-state index contributed by atoms with van der Waals surface area (Å²) >= 11 is 0. The van der Waals surface area contributed by atoms with Gasteiger partial charge in [-0.2, -0.15) is 0 Å². The number of carbonyl (C=O) groups excluding carboxylic acids is 1. The van der Waals surface area contributed by atoms with E-state index in [1.54, 1.807) is 31.2 Å². The summed E-state index contributed by atoms with van der Waals surface area (Å²) in [6.07, 6.45) is 0.644. The number of amides is 1. The number of nitrogens with zero attached hydrogens (tertiary/aromatic N) is 1. The molecular weight excluding hydrogens is 302 g/mol. The number of sulfonamides is 1. The van der Waals surface area contributed by atoms with Gasteiger partial charge in [-0.15, -0.1) is 12.4 Å². The molecule has 1 heterocycles. The Kier molecular flexibility index (Phi) is 5.38. The fourth-order valence-electron chi connectivity index (χ4n) is 1.90. The van der Waals surface area contributed by atoms with Crippen LogP contribution in [0.2, 0.25) is 0 Å². The van der Waals surface area contributed by atoms with Gasteiger partial charge in [0, 0.05) is 12.2 Å². The van der Waals surface area contributed by atoms with Crippen molar-refractivity contribution in [2.24, 2.45) is 5.73 Å². The molecule has 6 nitrogen and oxygen atoms in total. The number of hydrogen-bond acceptors (Lipinski definition) is 4. The van der Waals surface area contributed by atoms with E-state index in [2.05, 4.69) is 5.32 Å². The van der Waals surface area contributed by atoms with Crippen molar-refractivity contribution in [2.75, 3.05) is 21.9 Å². The first kappa shape index (κ1) is 16.7. The average Bonchev–Trinajstić information content (AvgIpc) is 2.70. The fourth-order valence-corrected chi connectivity index (χ4v) is 3.46. The Bertz CT molecular complexity index is 572. The van der Waals surface area contributed by atoms with Crippen LogP contribution in [0.4, 0.5) is 11.4 Å². The number of anilines is 2. The van der Waals surface area contributed by atoms with Crippen LogP contribution in [0.25, 0.3) is 0 Å². The van der Waals surface area contributed by atoms with E-state index in [1.165, 1.54) is 4.31 Å². The molecule has 0 bridgehead atoms. The largest absolute Gasteiger partial charge is 0.325 e. The molecule has 1 aromatic carbocycles. The van der Waals surface area contributed by atoms with Crippen molar-refractivity contribution in [1.82, 2.24) is 0 Å². The van der Waals surface area contributed by atoms with E-state index in [0.717, 1.165) is 0 Å². The highest BCUT2D eigenvalue weighted by molar-refractivity contribution is 7.93. The molecule has 1 amide bonds. The minimum Gasteiger partial charge on any atom is -0.325 e. The minimum absolute atomic E-state index is 0. The third kappa shape index (κ3) is 3.62. The SMILES string of the molecule is CC(N)C(=O)Nc1ccc(N2CCCS2(=O)=O)cc1.Cl. The third-order valence-corrected chi connectivity index (χ3v) is 4.81. The van der Waals surface area contributed by atoms with E-state index in [1.807, 2.05) is 0 Å². The molecular formula is C12H18ClN3O3S. The molecule has 8 heteroatoms. The highest BCUT2D eigenvalue weighted by atomic mass is 35.5. The molecule has 3 N–H and O–H groups in total. The molecule has 112 valence electrons. The van der Waals surface area contributed by atoms with Crippen molar-refractivity contribution in [2.45, 2.75) is 19.4 Å². The maximum absolute atomic E-state index is 11.8. The van der Waals surface area contributed by atoms with E-state index in [4.69, 9.17) is 5.73 Å². The molecule has 2 rings (SSSR count). The first-order chi connectivity index (χ1) is 8.90. The Morgan fingerprint density at radius 3 is 2.40 bits per heavy atom. The number of benzene rings is 1. The van der Waals surface area contributed by atoms with E-state index in [0.29, 0.717) is 24.3 Å². The van der Waals surface area contributed by atoms with Gasteiger partial charge >= 0.3 is 0 Å². The summed E-state index contributed by atoms with van der Waals surface area (Å²) in [5.41, 5.74) is 6.67. The van der Waals surface area contributed by atoms with Gasteiger partial charge in [0.2, 0.25) is 15.9 Å². The molecule has 0 radical (unpaired) electrons. The quantitative estimate of drug-likeness (QED) is 0.867. The smallest absolute Gasteiger partial charge is 0.240 e. The predicted octanol–water partition coefficient (Wildman–Crippen LogP) is 0.934. The van der Waals surface area contributed by atoms with Crippen molar-refractivity contribution in [3.05, 3.63) is 24.3 Å². The summed E-state index contributed by atoms with van der Waals surface area (Å²) in [5.74, 6) is -0.0857. The molecule has 0 aliphatic carbocycles. The zero-order valence-corrected chi connectivity index (χ0v) is 12.7. The maximum Gasteiger partial charge on any atom is 0.240 e. The molecule has 1 aliphatic heterocycles. The van der Waals surface area contributed by atoms with Gasteiger partial charge in [0.25, 0.3) is 0 Å². The van der Waals surface area contributed by atoms with Crippen LogP contribution in [-0.2, 0) is 14.8 Å². The number of nitrogens with one attached hydrogen (secondary N) is 1. The van der Waals surface area contributed by atoms with Gasteiger partial charge in [-0.3, -0.25) is 9.10 Å².